The Bertz CT molecular complexity index is 812. The molecule has 35 heavy (non-hydrogen) atoms. The zero-order valence-electron chi connectivity index (χ0n) is 23.8. The van der Waals surface area contributed by atoms with Crippen LogP contribution >= 0.6 is 0 Å². The first-order valence-corrected chi connectivity index (χ1v) is 12.9. The van der Waals surface area contributed by atoms with Gasteiger partial charge in [0, 0.05) is 27.6 Å². The second kappa shape index (κ2) is 9.02. The van der Waals surface area contributed by atoms with Crippen molar-refractivity contribution in [3.63, 3.8) is 0 Å². The monoisotopic (exact) mass is 490 g/mol. The Labute approximate surface area is 213 Å². The molecule has 0 amide bonds. The molecule has 4 N–H and O–H groups in total. The fourth-order valence-corrected chi connectivity index (χ4v) is 8.58. The molecule has 2 fully saturated rings. The summed E-state index contributed by atoms with van der Waals surface area (Å²) in [6, 6.07) is 0. The Morgan fingerprint density at radius 1 is 0.743 bits per heavy atom. The van der Waals surface area contributed by atoms with Crippen molar-refractivity contribution >= 4 is 11.9 Å². The van der Waals surface area contributed by atoms with Crippen LogP contribution in [0, 0.1) is 22.7 Å². The molecule has 0 atom stereocenters. The van der Waals surface area contributed by atoms with Gasteiger partial charge in [0.1, 0.15) is 0 Å². The van der Waals surface area contributed by atoms with Crippen LogP contribution in [0.25, 0.3) is 0 Å². The number of aliphatic carboxylic acids is 2. The van der Waals surface area contributed by atoms with Crippen LogP contribution < -0.4 is 10.6 Å². The van der Waals surface area contributed by atoms with Gasteiger partial charge in [-0.1, -0.05) is 17.7 Å². The van der Waals surface area contributed by atoms with Crippen molar-refractivity contribution < 1.29 is 19.8 Å². The zero-order chi connectivity index (χ0) is 27.4. The van der Waals surface area contributed by atoms with Crippen molar-refractivity contribution in [2.24, 2.45) is 22.7 Å². The third-order valence-electron chi connectivity index (χ3n) is 8.38. The minimum absolute atomic E-state index is 0.125. The van der Waals surface area contributed by atoms with Crippen LogP contribution in [0.2, 0.25) is 0 Å². The highest BCUT2D eigenvalue weighted by molar-refractivity contribution is 6.00. The Kier molecular flexibility index (Phi) is 7.62. The van der Waals surface area contributed by atoms with E-state index in [4.69, 9.17) is 0 Å². The summed E-state index contributed by atoms with van der Waals surface area (Å²) in [6.45, 7) is 29.0. The summed E-state index contributed by atoms with van der Waals surface area (Å²) in [4.78, 5) is 26.8. The zero-order valence-corrected chi connectivity index (χ0v) is 23.8. The lowest BCUT2D eigenvalue weighted by atomic mass is 9.42. The lowest BCUT2D eigenvalue weighted by Gasteiger charge is -2.63. The summed E-state index contributed by atoms with van der Waals surface area (Å²) < 4.78 is 0. The number of hydrogen-bond acceptors (Lipinski definition) is 4. The summed E-state index contributed by atoms with van der Waals surface area (Å²) in [5.41, 5.74) is -3.23. The van der Waals surface area contributed by atoms with Gasteiger partial charge in [-0.25, -0.2) is 0 Å². The van der Waals surface area contributed by atoms with Crippen molar-refractivity contribution in [1.29, 1.82) is 0 Å². The molecule has 0 spiro atoms. The molecule has 0 bridgehead atoms. The maximum absolute atomic E-state index is 13.4. The summed E-state index contributed by atoms with van der Waals surface area (Å²) in [6.07, 6.45) is 2.51. The van der Waals surface area contributed by atoms with E-state index in [-0.39, 0.29) is 40.4 Å². The molecule has 200 valence electrons. The van der Waals surface area contributed by atoms with Gasteiger partial charge >= 0.3 is 11.9 Å². The third-order valence-corrected chi connectivity index (χ3v) is 8.38. The van der Waals surface area contributed by atoms with E-state index in [0.29, 0.717) is 36.8 Å². The molecule has 6 heteroatoms. The molecule has 2 aliphatic heterocycles. The third kappa shape index (κ3) is 5.39. The minimum Gasteiger partial charge on any atom is -0.480 e. The molecular formula is C29H50N2O4. The van der Waals surface area contributed by atoms with Gasteiger partial charge in [0.25, 0.3) is 0 Å². The second-order valence-corrected chi connectivity index (χ2v) is 14.3. The molecule has 0 saturated carbocycles. The van der Waals surface area contributed by atoms with Gasteiger partial charge < -0.3 is 20.8 Å². The first kappa shape index (κ1) is 29.6. The fraction of sp³-hybridized carbons (Fsp3) is 0.793. The summed E-state index contributed by atoms with van der Waals surface area (Å²) >= 11 is 0. The highest BCUT2D eigenvalue weighted by Gasteiger charge is 2.70. The molecule has 2 aliphatic rings. The predicted octanol–water partition coefficient (Wildman–Crippen LogP) is 5.78. The molecule has 0 unspecified atom stereocenters. The van der Waals surface area contributed by atoms with Crippen molar-refractivity contribution in [1.82, 2.24) is 10.6 Å². The molecule has 2 heterocycles. The van der Waals surface area contributed by atoms with Gasteiger partial charge in [-0.15, -0.1) is 6.58 Å². The normalized spacial score (nSPS) is 24.5. The number of carboxylic acids is 2. The minimum atomic E-state index is -2.08. The van der Waals surface area contributed by atoms with E-state index in [9.17, 15) is 19.8 Å². The van der Waals surface area contributed by atoms with Crippen LogP contribution in [-0.2, 0) is 9.59 Å². The standard InChI is InChI=1S/C29H50N2O4/c1-18(2)13-28(22(32)33,23(34)35)29(19(3)4,20-14-24(5,6)30-25(7,8)15-20)21-16-26(9,10)31-27(11,12)17-21/h20-21,30-31H,1,3,13-17H2,2,4-12H3,(H,32,33)(H,34,35). The van der Waals surface area contributed by atoms with Crippen LogP contribution in [0.3, 0.4) is 0 Å². The predicted molar refractivity (Wildman–Crippen MR) is 142 cm³/mol. The van der Waals surface area contributed by atoms with Crippen molar-refractivity contribution in [2.45, 2.75) is 123 Å². The Morgan fingerprint density at radius 2 is 1.03 bits per heavy atom. The average Bonchev–Trinajstić information content (AvgIpc) is 2.54. The Morgan fingerprint density at radius 3 is 1.23 bits per heavy atom. The summed E-state index contributed by atoms with van der Waals surface area (Å²) in [7, 11) is 0. The number of piperidine rings is 2. The van der Waals surface area contributed by atoms with E-state index in [1.165, 1.54) is 0 Å². The number of carbonyl (C=O) groups is 2. The molecule has 0 aromatic heterocycles. The largest absolute Gasteiger partial charge is 0.480 e. The highest BCUT2D eigenvalue weighted by atomic mass is 16.4. The van der Waals surface area contributed by atoms with Crippen LogP contribution in [0.15, 0.2) is 24.3 Å². The van der Waals surface area contributed by atoms with Gasteiger partial charge in [-0.05, 0) is 113 Å². The first-order valence-electron chi connectivity index (χ1n) is 12.9. The Hall–Kier alpha value is -1.66. The number of rotatable bonds is 8. The fourth-order valence-electron chi connectivity index (χ4n) is 8.58. The Balaban J connectivity index is 3.05. The summed E-state index contributed by atoms with van der Waals surface area (Å²) in [5.74, 6) is -2.99. The smallest absolute Gasteiger partial charge is 0.322 e. The van der Waals surface area contributed by atoms with E-state index in [1.807, 2.05) is 6.92 Å². The molecule has 2 rings (SSSR count). The van der Waals surface area contributed by atoms with Crippen LogP contribution in [0.5, 0.6) is 0 Å². The number of allylic oxidation sites excluding steroid dienone is 2. The van der Waals surface area contributed by atoms with Crippen molar-refractivity contribution in [3.05, 3.63) is 24.3 Å². The molecule has 0 radical (unpaired) electrons. The van der Waals surface area contributed by atoms with E-state index in [2.05, 4.69) is 79.2 Å². The van der Waals surface area contributed by atoms with Crippen LogP contribution in [0.1, 0.15) is 101 Å². The topological polar surface area (TPSA) is 98.7 Å². The van der Waals surface area contributed by atoms with E-state index < -0.39 is 22.8 Å². The van der Waals surface area contributed by atoms with E-state index in [1.54, 1.807) is 6.92 Å². The molecule has 2 saturated heterocycles. The number of nitrogens with one attached hydrogen (secondary N) is 2. The van der Waals surface area contributed by atoms with Gasteiger partial charge in [0.2, 0.25) is 0 Å². The van der Waals surface area contributed by atoms with E-state index >= 15 is 0 Å². The molecule has 0 aromatic carbocycles. The summed E-state index contributed by atoms with van der Waals surface area (Å²) in [5, 5.41) is 29.2. The molecule has 6 nitrogen and oxygen atoms in total. The highest BCUT2D eigenvalue weighted by Crippen LogP contribution is 2.65. The van der Waals surface area contributed by atoms with E-state index in [0.717, 1.165) is 0 Å². The maximum atomic E-state index is 13.4. The van der Waals surface area contributed by atoms with Gasteiger partial charge in [0.15, 0.2) is 5.41 Å². The SMILES string of the molecule is C=C(C)CC(C(=O)O)(C(=O)O)C(C(=C)C)(C1CC(C)(C)NC(C)(C)C1)C1CC(C)(C)NC(C)(C)C1. The van der Waals surface area contributed by atoms with Crippen LogP contribution in [-0.4, -0.2) is 44.3 Å². The second-order valence-electron chi connectivity index (χ2n) is 14.3. The first-order chi connectivity index (χ1) is 15.5. The van der Waals surface area contributed by atoms with Crippen LogP contribution in [0.4, 0.5) is 0 Å². The lowest BCUT2D eigenvalue weighted by molar-refractivity contribution is -0.189. The number of carboxylic acid groups (broad SMARTS) is 2. The van der Waals surface area contributed by atoms with Gasteiger partial charge in [0.05, 0.1) is 0 Å². The van der Waals surface area contributed by atoms with Gasteiger partial charge in [-0.3, -0.25) is 9.59 Å². The molecule has 0 aromatic rings. The lowest BCUT2D eigenvalue weighted by Crippen LogP contribution is -2.69. The maximum Gasteiger partial charge on any atom is 0.322 e. The van der Waals surface area contributed by atoms with Gasteiger partial charge in [-0.2, -0.15) is 0 Å². The number of hydrogen-bond donors (Lipinski definition) is 4. The quantitative estimate of drug-likeness (QED) is 0.254. The van der Waals surface area contributed by atoms with Crippen molar-refractivity contribution in [2.75, 3.05) is 0 Å². The average molecular weight is 491 g/mol. The van der Waals surface area contributed by atoms with Crippen molar-refractivity contribution in [3.8, 4) is 0 Å². The molecular weight excluding hydrogens is 440 g/mol. The molecule has 0 aliphatic carbocycles.